The Balaban J connectivity index is 3.23. The molecule has 144 valence electrons. The maximum atomic E-state index is 9.79. The second-order valence-electron chi connectivity index (χ2n) is 7.71. The van der Waals surface area contributed by atoms with Crippen molar-refractivity contribution in [2.45, 2.75) is 93.0 Å². The SMILES string of the molecule is CCC[CH2][Sn]([CH2]CCC)([CH2]CCC)/[C](=C\CO)Cn1c(C)ccc1C. The van der Waals surface area contributed by atoms with Gasteiger partial charge in [0.1, 0.15) is 0 Å². The van der Waals surface area contributed by atoms with Gasteiger partial charge in [0.25, 0.3) is 0 Å². The average Bonchev–Trinajstić information content (AvgIpc) is 2.93. The van der Waals surface area contributed by atoms with E-state index in [0.717, 1.165) is 6.54 Å². The van der Waals surface area contributed by atoms with Gasteiger partial charge in [0, 0.05) is 0 Å². The topological polar surface area (TPSA) is 25.2 Å². The molecule has 0 aliphatic heterocycles. The average molecular weight is 454 g/mol. The van der Waals surface area contributed by atoms with Gasteiger partial charge in [-0.2, -0.15) is 0 Å². The first-order chi connectivity index (χ1) is 12.0. The third kappa shape index (κ3) is 6.78. The molecular formula is C22H41NOSn. The van der Waals surface area contributed by atoms with Crippen molar-refractivity contribution in [3.8, 4) is 0 Å². The fourth-order valence-corrected chi connectivity index (χ4v) is 20.7. The van der Waals surface area contributed by atoms with E-state index in [1.54, 1.807) is 3.59 Å². The van der Waals surface area contributed by atoms with Crippen molar-refractivity contribution in [2.24, 2.45) is 0 Å². The number of hydrogen-bond acceptors (Lipinski definition) is 1. The molecule has 0 radical (unpaired) electrons. The summed E-state index contributed by atoms with van der Waals surface area (Å²) in [4.78, 5) is 0. The fourth-order valence-electron chi connectivity index (χ4n) is 4.08. The molecule has 1 N–H and O–H groups in total. The molecule has 0 amide bonds. The molecule has 1 aromatic rings. The van der Waals surface area contributed by atoms with E-state index < -0.39 is 18.4 Å². The van der Waals surface area contributed by atoms with Crippen LogP contribution in [-0.4, -0.2) is 34.7 Å². The Morgan fingerprint density at radius 3 is 1.72 bits per heavy atom. The minimum atomic E-state index is -2.45. The quantitative estimate of drug-likeness (QED) is 0.343. The molecule has 0 spiro atoms. The van der Waals surface area contributed by atoms with Crippen LogP contribution in [0.15, 0.2) is 21.8 Å². The normalized spacial score (nSPS) is 12.8. The van der Waals surface area contributed by atoms with Gasteiger partial charge in [-0.1, -0.05) is 0 Å². The summed E-state index contributed by atoms with van der Waals surface area (Å²) in [7, 11) is 0. The molecule has 0 aromatic carbocycles. The van der Waals surface area contributed by atoms with Crippen LogP contribution in [-0.2, 0) is 6.54 Å². The molecular weight excluding hydrogens is 413 g/mol. The zero-order chi connectivity index (χ0) is 18.7. The number of rotatable bonds is 13. The summed E-state index contributed by atoms with van der Waals surface area (Å²) in [6.07, 6.45) is 10.2. The van der Waals surface area contributed by atoms with Crippen LogP contribution in [0.1, 0.15) is 70.7 Å². The van der Waals surface area contributed by atoms with Crippen LogP contribution in [0.5, 0.6) is 0 Å². The molecule has 0 aliphatic carbocycles. The molecule has 3 heteroatoms. The van der Waals surface area contributed by atoms with Gasteiger partial charge in [-0.15, -0.1) is 0 Å². The number of aliphatic hydroxyl groups is 1. The van der Waals surface area contributed by atoms with Crippen molar-refractivity contribution in [3.05, 3.63) is 33.2 Å². The molecule has 0 unspecified atom stereocenters. The number of hydrogen-bond donors (Lipinski definition) is 1. The van der Waals surface area contributed by atoms with Crippen LogP contribution in [0.25, 0.3) is 0 Å². The fraction of sp³-hybridized carbons (Fsp3) is 0.727. The van der Waals surface area contributed by atoms with E-state index in [1.165, 1.54) is 63.2 Å². The van der Waals surface area contributed by atoms with Crippen LogP contribution < -0.4 is 0 Å². The third-order valence-electron chi connectivity index (χ3n) is 5.79. The van der Waals surface area contributed by atoms with Gasteiger partial charge in [-0.25, -0.2) is 0 Å². The Bertz CT molecular complexity index is 477. The summed E-state index contributed by atoms with van der Waals surface area (Å²) in [5.41, 5.74) is 2.70. The number of aliphatic hydroxyl groups excluding tert-OH is 1. The maximum absolute atomic E-state index is 9.79. The number of unbranched alkanes of at least 4 members (excludes halogenated alkanes) is 3. The summed E-state index contributed by atoms with van der Waals surface area (Å²) in [5, 5.41) is 9.79. The van der Waals surface area contributed by atoms with Crippen molar-refractivity contribution < 1.29 is 5.11 Å². The van der Waals surface area contributed by atoms with E-state index in [4.69, 9.17) is 0 Å². The summed E-state index contributed by atoms with van der Waals surface area (Å²) >= 11 is -2.45. The van der Waals surface area contributed by atoms with Crippen LogP contribution in [0, 0.1) is 13.8 Å². The van der Waals surface area contributed by atoms with Crippen LogP contribution in [0.2, 0.25) is 13.3 Å². The standard InChI is InChI=1S/C10H14NO.3C4H9.Sn/c1-9-5-6-10(2)11(9)7-3-4-8-12;3*1-3-4-2;/h4-6,12H,7-8H2,1-2H3;3*1,3-4H2,2H3;. The first-order valence-electron chi connectivity index (χ1n) is 10.5. The van der Waals surface area contributed by atoms with Gasteiger partial charge in [0.15, 0.2) is 0 Å². The second kappa shape index (κ2) is 12.2. The van der Waals surface area contributed by atoms with Gasteiger partial charge < -0.3 is 0 Å². The Morgan fingerprint density at radius 2 is 1.36 bits per heavy atom. The number of aromatic nitrogens is 1. The summed E-state index contributed by atoms with van der Waals surface area (Å²) in [6.45, 7) is 12.6. The van der Waals surface area contributed by atoms with Gasteiger partial charge >= 0.3 is 161 Å². The van der Waals surface area contributed by atoms with Crippen molar-refractivity contribution in [2.75, 3.05) is 6.61 Å². The minimum absolute atomic E-state index is 0.206. The van der Waals surface area contributed by atoms with E-state index in [0.29, 0.717) is 0 Å². The zero-order valence-corrected chi connectivity index (χ0v) is 20.3. The van der Waals surface area contributed by atoms with Gasteiger partial charge in [0.05, 0.1) is 0 Å². The number of aryl methyl sites for hydroxylation is 2. The van der Waals surface area contributed by atoms with E-state index in [1.807, 2.05) is 0 Å². The Morgan fingerprint density at radius 1 is 0.920 bits per heavy atom. The number of allylic oxidation sites excluding steroid dienone is 1. The van der Waals surface area contributed by atoms with Crippen LogP contribution >= 0.6 is 0 Å². The molecule has 25 heavy (non-hydrogen) atoms. The second-order valence-corrected chi connectivity index (χ2v) is 21.1. The zero-order valence-electron chi connectivity index (χ0n) is 17.4. The molecule has 0 saturated carbocycles. The predicted molar refractivity (Wildman–Crippen MR) is 114 cm³/mol. The van der Waals surface area contributed by atoms with Crippen LogP contribution in [0.4, 0.5) is 0 Å². The molecule has 1 heterocycles. The van der Waals surface area contributed by atoms with Crippen molar-refractivity contribution in [1.82, 2.24) is 4.57 Å². The first kappa shape index (κ1) is 22.8. The Kier molecular flexibility index (Phi) is 11.2. The molecule has 1 rings (SSSR count). The molecule has 0 fully saturated rings. The first-order valence-corrected chi connectivity index (χ1v) is 18.0. The third-order valence-corrected chi connectivity index (χ3v) is 21.9. The summed E-state index contributed by atoms with van der Waals surface area (Å²) < 4.78 is 8.55. The Labute approximate surface area is 160 Å². The van der Waals surface area contributed by atoms with Crippen molar-refractivity contribution >= 4 is 18.4 Å². The summed E-state index contributed by atoms with van der Waals surface area (Å²) in [5.74, 6) is 0. The van der Waals surface area contributed by atoms with Gasteiger partial charge in [-0.3, -0.25) is 0 Å². The van der Waals surface area contributed by atoms with E-state index in [-0.39, 0.29) is 6.61 Å². The molecule has 0 atom stereocenters. The molecule has 0 aliphatic rings. The van der Waals surface area contributed by atoms with Crippen molar-refractivity contribution in [1.29, 1.82) is 0 Å². The summed E-state index contributed by atoms with van der Waals surface area (Å²) in [6, 6.07) is 4.46. The van der Waals surface area contributed by atoms with E-state index >= 15 is 0 Å². The molecule has 1 aromatic heterocycles. The molecule has 0 bridgehead atoms. The molecule has 0 saturated heterocycles. The van der Waals surface area contributed by atoms with Gasteiger partial charge in [-0.05, 0) is 0 Å². The number of nitrogens with zero attached hydrogens (tertiary/aromatic N) is 1. The predicted octanol–water partition coefficient (Wildman–Crippen LogP) is 6.41. The monoisotopic (exact) mass is 455 g/mol. The van der Waals surface area contributed by atoms with E-state index in [9.17, 15) is 5.11 Å². The van der Waals surface area contributed by atoms with Gasteiger partial charge in [0.2, 0.25) is 0 Å². The molecule has 2 nitrogen and oxygen atoms in total. The van der Waals surface area contributed by atoms with Crippen LogP contribution in [0.3, 0.4) is 0 Å². The van der Waals surface area contributed by atoms with E-state index in [2.05, 4.69) is 57.4 Å². The van der Waals surface area contributed by atoms with Crippen molar-refractivity contribution in [3.63, 3.8) is 0 Å². The Hall–Kier alpha value is -0.221.